The van der Waals surface area contributed by atoms with Gasteiger partial charge in [-0.05, 0) is 23.8 Å². The van der Waals surface area contributed by atoms with Crippen LogP contribution in [-0.2, 0) is 16.0 Å². The Balaban J connectivity index is 2.23. The molecule has 0 radical (unpaired) electrons. The molecule has 2 rings (SSSR count). The molecule has 0 saturated carbocycles. The zero-order valence-corrected chi connectivity index (χ0v) is 8.97. The molecule has 0 saturated heterocycles. The quantitative estimate of drug-likeness (QED) is 0.740. The SMILES string of the molecule is COC(=O)Cc1cccc(-c2ccco2)c1. The summed E-state index contributed by atoms with van der Waals surface area (Å²) in [5.41, 5.74) is 1.88. The lowest BCUT2D eigenvalue weighted by Gasteiger charge is -2.02. The molecule has 0 aliphatic carbocycles. The second-order valence-electron chi connectivity index (χ2n) is 3.43. The summed E-state index contributed by atoms with van der Waals surface area (Å²) in [4.78, 5) is 11.1. The summed E-state index contributed by atoms with van der Waals surface area (Å²) in [6, 6.07) is 11.4. The molecule has 0 unspecified atom stereocenters. The highest BCUT2D eigenvalue weighted by molar-refractivity contribution is 5.73. The Morgan fingerprint density at radius 3 is 2.88 bits per heavy atom. The minimum absolute atomic E-state index is 0.239. The maximum absolute atomic E-state index is 11.1. The van der Waals surface area contributed by atoms with Gasteiger partial charge in [0.2, 0.25) is 0 Å². The van der Waals surface area contributed by atoms with Crippen LogP contribution in [0.1, 0.15) is 5.56 Å². The Morgan fingerprint density at radius 2 is 2.19 bits per heavy atom. The number of furan rings is 1. The van der Waals surface area contributed by atoms with Gasteiger partial charge in [-0.2, -0.15) is 0 Å². The van der Waals surface area contributed by atoms with Gasteiger partial charge in [-0.1, -0.05) is 18.2 Å². The lowest BCUT2D eigenvalue weighted by molar-refractivity contribution is -0.139. The van der Waals surface area contributed by atoms with Crippen molar-refractivity contribution in [2.75, 3.05) is 7.11 Å². The van der Waals surface area contributed by atoms with Crippen molar-refractivity contribution >= 4 is 5.97 Å². The minimum Gasteiger partial charge on any atom is -0.469 e. The van der Waals surface area contributed by atoms with Gasteiger partial charge in [0.1, 0.15) is 5.76 Å². The molecule has 0 atom stereocenters. The monoisotopic (exact) mass is 216 g/mol. The van der Waals surface area contributed by atoms with Crippen LogP contribution in [0.15, 0.2) is 47.1 Å². The van der Waals surface area contributed by atoms with Crippen LogP contribution in [0.5, 0.6) is 0 Å². The molecule has 82 valence electrons. The Kier molecular flexibility index (Phi) is 3.05. The van der Waals surface area contributed by atoms with Crippen LogP contribution in [0.4, 0.5) is 0 Å². The van der Waals surface area contributed by atoms with Gasteiger partial charge < -0.3 is 9.15 Å². The number of carbonyl (C=O) groups is 1. The van der Waals surface area contributed by atoms with E-state index < -0.39 is 0 Å². The fourth-order valence-corrected chi connectivity index (χ4v) is 1.52. The first kappa shape index (κ1) is 10.5. The van der Waals surface area contributed by atoms with Crippen LogP contribution in [0.25, 0.3) is 11.3 Å². The summed E-state index contributed by atoms with van der Waals surface area (Å²) in [7, 11) is 1.39. The third-order valence-electron chi connectivity index (χ3n) is 2.31. The van der Waals surface area contributed by atoms with Crippen molar-refractivity contribution in [1.82, 2.24) is 0 Å². The van der Waals surface area contributed by atoms with Gasteiger partial charge in [0, 0.05) is 5.56 Å². The first-order chi connectivity index (χ1) is 7.79. The van der Waals surface area contributed by atoms with Gasteiger partial charge >= 0.3 is 5.97 Å². The van der Waals surface area contributed by atoms with Crippen molar-refractivity contribution in [2.45, 2.75) is 6.42 Å². The van der Waals surface area contributed by atoms with Crippen molar-refractivity contribution < 1.29 is 13.9 Å². The topological polar surface area (TPSA) is 39.4 Å². The maximum Gasteiger partial charge on any atom is 0.309 e. The van der Waals surface area contributed by atoms with Crippen molar-refractivity contribution in [2.24, 2.45) is 0 Å². The Bertz CT molecular complexity index is 472. The Labute approximate surface area is 93.7 Å². The van der Waals surface area contributed by atoms with E-state index in [0.717, 1.165) is 16.9 Å². The van der Waals surface area contributed by atoms with Gasteiger partial charge in [-0.15, -0.1) is 0 Å². The smallest absolute Gasteiger partial charge is 0.309 e. The van der Waals surface area contributed by atoms with Crippen molar-refractivity contribution in [3.63, 3.8) is 0 Å². The molecule has 0 fully saturated rings. The molecule has 16 heavy (non-hydrogen) atoms. The number of ether oxygens (including phenoxy) is 1. The van der Waals surface area contributed by atoms with Crippen LogP contribution >= 0.6 is 0 Å². The molecule has 0 aliphatic heterocycles. The van der Waals surface area contributed by atoms with Crippen LogP contribution in [0, 0.1) is 0 Å². The molecule has 0 amide bonds. The molecule has 0 N–H and O–H groups in total. The van der Waals surface area contributed by atoms with E-state index in [1.807, 2.05) is 36.4 Å². The van der Waals surface area contributed by atoms with Crippen molar-refractivity contribution in [3.05, 3.63) is 48.2 Å². The van der Waals surface area contributed by atoms with E-state index in [9.17, 15) is 4.79 Å². The predicted molar refractivity (Wildman–Crippen MR) is 59.9 cm³/mol. The van der Waals surface area contributed by atoms with Gasteiger partial charge in [-0.25, -0.2) is 0 Å². The summed E-state index contributed by atoms with van der Waals surface area (Å²) in [5, 5.41) is 0. The third kappa shape index (κ3) is 2.31. The normalized spacial score (nSPS) is 10.1. The Morgan fingerprint density at radius 1 is 1.31 bits per heavy atom. The third-order valence-corrected chi connectivity index (χ3v) is 2.31. The number of hydrogen-bond donors (Lipinski definition) is 0. The standard InChI is InChI=1S/C13H12O3/c1-15-13(14)9-10-4-2-5-11(8-10)12-6-3-7-16-12/h2-8H,9H2,1H3. The highest BCUT2D eigenvalue weighted by atomic mass is 16.5. The summed E-state index contributed by atoms with van der Waals surface area (Å²) in [6.07, 6.45) is 1.91. The van der Waals surface area contributed by atoms with Crippen molar-refractivity contribution in [1.29, 1.82) is 0 Å². The molecule has 3 nitrogen and oxygen atoms in total. The van der Waals surface area contributed by atoms with Gasteiger partial charge in [0.15, 0.2) is 0 Å². The van der Waals surface area contributed by atoms with Crippen LogP contribution in [0.2, 0.25) is 0 Å². The summed E-state index contributed by atoms with van der Waals surface area (Å²) in [6.45, 7) is 0. The van der Waals surface area contributed by atoms with E-state index in [-0.39, 0.29) is 12.4 Å². The molecule has 0 spiro atoms. The average Bonchev–Trinajstić information content (AvgIpc) is 2.83. The average molecular weight is 216 g/mol. The number of rotatable bonds is 3. The van der Waals surface area contributed by atoms with E-state index in [4.69, 9.17) is 4.42 Å². The Hall–Kier alpha value is -2.03. The number of methoxy groups -OCH3 is 1. The molecule has 1 heterocycles. The fraction of sp³-hybridized carbons (Fsp3) is 0.154. The molecular formula is C13H12O3. The molecule has 0 bridgehead atoms. The summed E-state index contributed by atoms with van der Waals surface area (Å²) < 4.78 is 9.91. The van der Waals surface area contributed by atoms with E-state index in [0.29, 0.717) is 0 Å². The molecule has 1 aromatic carbocycles. The number of carbonyl (C=O) groups excluding carboxylic acids is 1. The maximum atomic E-state index is 11.1. The highest BCUT2D eigenvalue weighted by Crippen LogP contribution is 2.20. The lowest BCUT2D eigenvalue weighted by Crippen LogP contribution is -2.04. The molecule has 2 aromatic rings. The second kappa shape index (κ2) is 4.66. The summed E-state index contributed by atoms with van der Waals surface area (Å²) in [5.74, 6) is 0.559. The number of hydrogen-bond acceptors (Lipinski definition) is 3. The first-order valence-corrected chi connectivity index (χ1v) is 4.99. The van der Waals surface area contributed by atoms with Gasteiger partial charge in [0.05, 0.1) is 19.8 Å². The zero-order chi connectivity index (χ0) is 11.4. The van der Waals surface area contributed by atoms with Crippen LogP contribution < -0.4 is 0 Å². The summed E-state index contributed by atoms with van der Waals surface area (Å²) >= 11 is 0. The second-order valence-corrected chi connectivity index (χ2v) is 3.43. The van der Waals surface area contributed by atoms with E-state index in [2.05, 4.69) is 4.74 Å². The molecule has 0 aliphatic rings. The molecule has 3 heteroatoms. The lowest BCUT2D eigenvalue weighted by atomic mass is 10.1. The first-order valence-electron chi connectivity index (χ1n) is 4.99. The van der Waals surface area contributed by atoms with E-state index >= 15 is 0 Å². The number of esters is 1. The predicted octanol–water partition coefficient (Wildman–Crippen LogP) is 2.66. The number of benzene rings is 1. The fourth-order valence-electron chi connectivity index (χ4n) is 1.52. The largest absolute Gasteiger partial charge is 0.469 e. The van der Waals surface area contributed by atoms with Crippen molar-refractivity contribution in [3.8, 4) is 11.3 Å². The van der Waals surface area contributed by atoms with E-state index in [1.165, 1.54) is 7.11 Å². The van der Waals surface area contributed by atoms with Crippen LogP contribution in [-0.4, -0.2) is 13.1 Å². The minimum atomic E-state index is -0.239. The molecular weight excluding hydrogens is 204 g/mol. The van der Waals surface area contributed by atoms with E-state index in [1.54, 1.807) is 6.26 Å². The van der Waals surface area contributed by atoms with Gasteiger partial charge in [-0.3, -0.25) is 4.79 Å². The zero-order valence-electron chi connectivity index (χ0n) is 8.97. The van der Waals surface area contributed by atoms with Gasteiger partial charge in [0.25, 0.3) is 0 Å². The highest BCUT2D eigenvalue weighted by Gasteiger charge is 2.05. The molecule has 1 aromatic heterocycles. The van der Waals surface area contributed by atoms with Crippen LogP contribution in [0.3, 0.4) is 0 Å².